The molecule has 7 heteroatoms. The predicted molar refractivity (Wildman–Crippen MR) is 134 cm³/mol. The number of hydrogen-bond donors (Lipinski definition) is 1. The molecule has 7 nitrogen and oxygen atoms in total. The number of hydrogen-bond acceptors (Lipinski definition) is 4. The van der Waals surface area contributed by atoms with Crippen LogP contribution in [0.4, 0.5) is 0 Å². The molecule has 2 atom stereocenters. The summed E-state index contributed by atoms with van der Waals surface area (Å²) < 4.78 is 5.43. The van der Waals surface area contributed by atoms with Crippen LogP contribution in [0.5, 0.6) is 0 Å². The molecular weight excluding hydrogens is 440 g/mol. The number of piperazine rings is 1. The number of H-pyrrole nitrogens is 1. The fourth-order valence-electron chi connectivity index (χ4n) is 6.04. The van der Waals surface area contributed by atoms with Gasteiger partial charge >= 0.3 is 0 Å². The predicted octanol–water partition coefficient (Wildman–Crippen LogP) is 2.88. The Morgan fingerprint density at radius 1 is 1.00 bits per heavy atom. The number of para-hydroxylation sites is 1. The number of nitrogens with zero attached hydrogens (tertiary/aromatic N) is 3. The molecule has 0 unspecified atom stereocenters. The van der Waals surface area contributed by atoms with Crippen LogP contribution in [0.1, 0.15) is 34.8 Å². The van der Waals surface area contributed by atoms with E-state index in [9.17, 15) is 9.59 Å². The number of carbonyl (C=O) groups excluding carboxylic acids is 2. The summed E-state index contributed by atoms with van der Waals surface area (Å²) in [6, 6.07) is 15.7. The first kappa shape index (κ1) is 22.3. The Morgan fingerprint density at radius 3 is 2.60 bits per heavy atom. The maximum atomic E-state index is 13.8. The molecule has 2 fully saturated rings. The molecule has 0 spiro atoms. The van der Waals surface area contributed by atoms with Gasteiger partial charge in [-0.05, 0) is 36.1 Å². The van der Waals surface area contributed by atoms with Crippen molar-refractivity contribution >= 4 is 22.7 Å². The Labute approximate surface area is 205 Å². The van der Waals surface area contributed by atoms with Gasteiger partial charge in [-0.15, -0.1) is 0 Å². The Bertz CT molecular complexity index is 1260. The van der Waals surface area contributed by atoms with E-state index in [2.05, 4.69) is 41.1 Å². The lowest BCUT2D eigenvalue weighted by molar-refractivity contribution is -0.158. The van der Waals surface area contributed by atoms with E-state index in [1.807, 2.05) is 29.2 Å². The summed E-state index contributed by atoms with van der Waals surface area (Å²) in [5.74, 6) is 0.0969. The third-order valence-corrected chi connectivity index (χ3v) is 7.83. The number of fused-ring (bicyclic) bond motifs is 4. The number of nitrogens with one attached hydrogen (secondary N) is 1. The normalized spacial score (nSPS) is 23.0. The van der Waals surface area contributed by atoms with Crippen LogP contribution in [0, 0.1) is 6.92 Å². The molecule has 3 aliphatic heterocycles. The minimum absolute atomic E-state index is 0.0264. The quantitative estimate of drug-likeness (QED) is 0.620. The van der Waals surface area contributed by atoms with E-state index in [0.29, 0.717) is 13.0 Å². The van der Waals surface area contributed by atoms with Crippen LogP contribution in [0.3, 0.4) is 0 Å². The van der Waals surface area contributed by atoms with Crippen molar-refractivity contribution in [3.8, 4) is 0 Å². The van der Waals surface area contributed by atoms with Crippen molar-refractivity contribution < 1.29 is 14.3 Å². The summed E-state index contributed by atoms with van der Waals surface area (Å²) >= 11 is 0. The third-order valence-electron chi connectivity index (χ3n) is 7.83. The lowest BCUT2D eigenvalue weighted by Crippen LogP contribution is -2.63. The van der Waals surface area contributed by atoms with Crippen molar-refractivity contribution in [2.75, 3.05) is 45.9 Å². The van der Waals surface area contributed by atoms with E-state index in [0.717, 1.165) is 72.6 Å². The summed E-state index contributed by atoms with van der Waals surface area (Å²) in [6.07, 6.45) is 1.41. The van der Waals surface area contributed by atoms with Gasteiger partial charge in [0.1, 0.15) is 6.04 Å². The number of morpholine rings is 1. The highest BCUT2D eigenvalue weighted by atomic mass is 16.5. The monoisotopic (exact) mass is 472 g/mol. The summed E-state index contributed by atoms with van der Waals surface area (Å²) in [7, 11) is 0. The maximum Gasteiger partial charge on any atom is 0.246 e. The van der Waals surface area contributed by atoms with Crippen LogP contribution in [-0.2, 0) is 20.7 Å². The zero-order valence-electron chi connectivity index (χ0n) is 20.2. The highest BCUT2D eigenvalue weighted by Crippen LogP contribution is 2.43. The molecule has 3 aliphatic rings. The summed E-state index contributed by atoms with van der Waals surface area (Å²) in [6.45, 7) is 7.17. The highest BCUT2D eigenvalue weighted by Gasteiger charge is 2.48. The third kappa shape index (κ3) is 3.93. The average Bonchev–Trinajstić information content (AvgIpc) is 3.25. The minimum atomic E-state index is -0.476. The molecule has 2 aromatic carbocycles. The smallest absolute Gasteiger partial charge is 0.246 e. The van der Waals surface area contributed by atoms with Gasteiger partial charge in [0, 0.05) is 49.2 Å². The first-order chi connectivity index (χ1) is 17.1. The second-order valence-corrected chi connectivity index (χ2v) is 9.91. The number of ether oxygens (including phenoxy) is 1. The van der Waals surface area contributed by atoms with Crippen LogP contribution in [0.25, 0.3) is 10.9 Å². The fraction of sp³-hybridized carbons (Fsp3) is 0.429. The van der Waals surface area contributed by atoms with Crippen molar-refractivity contribution in [1.29, 1.82) is 0 Å². The molecule has 0 saturated carbocycles. The SMILES string of the molecule is Cc1ccccc1[C@H]1c2[nH]c3ccccc3c2C[C@H]2C(=O)N(CCCN3CCOCC3)CC(=O)N12. The zero-order chi connectivity index (χ0) is 23.9. The molecule has 0 bridgehead atoms. The number of rotatable bonds is 5. The largest absolute Gasteiger partial charge is 0.379 e. The average molecular weight is 473 g/mol. The van der Waals surface area contributed by atoms with Crippen molar-refractivity contribution in [3.63, 3.8) is 0 Å². The van der Waals surface area contributed by atoms with E-state index in [-0.39, 0.29) is 24.4 Å². The lowest BCUT2D eigenvalue weighted by atomic mass is 9.85. The van der Waals surface area contributed by atoms with Crippen molar-refractivity contribution in [3.05, 3.63) is 70.9 Å². The number of amides is 2. The van der Waals surface area contributed by atoms with Crippen LogP contribution in [0.2, 0.25) is 0 Å². The highest BCUT2D eigenvalue weighted by molar-refractivity contribution is 5.97. The summed E-state index contributed by atoms with van der Waals surface area (Å²) in [4.78, 5) is 37.1. The van der Waals surface area contributed by atoms with Gasteiger partial charge in [-0.25, -0.2) is 0 Å². The van der Waals surface area contributed by atoms with Crippen molar-refractivity contribution in [2.45, 2.75) is 31.8 Å². The lowest BCUT2D eigenvalue weighted by Gasteiger charge is -2.47. The Morgan fingerprint density at radius 2 is 1.77 bits per heavy atom. The van der Waals surface area contributed by atoms with Gasteiger partial charge in [0.25, 0.3) is 0 Å². The Balaban J connectivity index is 1.33. The van der Waals surface area contributed by atoms with Gasteiger partial charge in [-0.2, -0.15) is 0 Å². The Hall–Kier alpha value is -3.16. The van der Waals surface area contributed by atoms with Crippen LogP contribution in [-0.4, -0.2) is 83.5 Å². The second-order valence-electron chi connectivity index (χ2n) is 9.91. The van der Waals surface area contributed by atoms with Crippen LogP contribution in [0.15, 0.2) is 48.5 Å². The van der Waals surface area contributed by atoms with Gasteiger partial charge in [0.05, 0.1) is 25.8 Å². The van der Waals surface area contributed by atoms with Gasteiger partial charge in [0.15, 0.2) is 0 Å². The first-order valence-electron chi connectivity index (χ1n) is 12.7. The number of aromatic amines is 1. The maximum absolute atomic E-state index is 13.8. The van der Waals surface area contributed by atoms with Crippen LogP contribution < -0.4 is 0 Å². The molecule has 0 aliphatic carbocycles. The molecule has 6 rings (SSSR count). The van der Waals surface area contributed by atoms with E-state index in [4.69, 9.17) is 4.74 Å². The van der Waals surface area contributed by atoms with Gasteiger partial charge < -0.3 is 19.5 Å². The van der Waals surface area contributed by atoms with Gasteiger partial charge in [-0.1, -0.05) is 42.5 Å². The Kier molecular flexibility index (Phi) is 5.82. The molecule has 2 saturated heterocycles. The van der Waals surface area contributed by atoms with Crippen LogP contribution >= 0.6 is 0 Å². The summed E-state index contributed by atoms with van der Waals surface area (Å²) in [5, 5.41) is 1.14. The summed E-state index contributed by atoms with van der Waals surface area (Å²) in [5.41, 5.74) is 5.45. The molecule has 3 aromatic rings. The number of benzene rings is 2. The first-order valence-corrected chi connectivity index (χ1v) is 12.7. The molecular formula is C28H32N4O3. The van der Waals surface area contributed by atoms with Gasteiger partial charge in [0.2, 0.25) is 11.8 Å². The number of aromatic nitrogens is 1. The molecule has 2 amide bonds. The van der Waals surface area contributed by atoms with E-state index >= 15 is 0 Å². The molecule has 35 heavy (non-hydrogen) atoms. The standard InChI is InChI=1S/C28H32N4O3/c1-19-7-2-3-8-20(19)27-26-22(21-9-4-5-10-23(21)29-26)17-24-28(34)31(18-25(33)32(24)27)12-6-11-30-13-15-35-16-14-30/h2-5,7-10,24,27,29H,6,11-18H2,1H3/t24-,27-/m0/s1. The molecule has 4 heterocycles. The topological polar surface area (TPSA) is 68.9 Å². The molecule has 0 radical (unpaired) electrons. The molecule has 1 N–H and O–H groups in total. The van der Waals surface area contributed by atoms with Gasteiger partial charge in [-0.3, -0.25) is 14.5 Å². The van der Waals surface area contributed by atoms with E-state index < -0.39 is 6.04 Å². The van der Waals surface area contributed by atoms with Crippen molar-refractivity contribution in [1.82, 2.24) is 19.7 Å². The fourth-order valence-corrected chi connectivity index (χ4v) is 6.04. The number of aryl methyl sites for hydroxylation is 1. The van der Waals surface area contributed by atoms with Crippen molar-refractivity contribution in [2.24, 2.45) is 0 Å². The molecule has 182 valence electrons. The van der Waals surface area contributed by atoms with E-state index in [1.54, 1.807) is 4.90 Å². The molecule has 1 aromatic heterocycles. The minimum Gasteiger partial charge on any atom is -0.379 e. The second kappa shape index (κ2) is 9.13. The zero-order valence-corrected chi connectivity index (χ0v) is 20.2. The number of carbonyl (C=O) groups is 2. The van der Waals surface area contributed by atoms with E-state index in [1.165, 1.54) is 0 Å².